The Bertz CT molecular complexity index is 1010. The molecule has 0 aliphatic heterocycles. The molecule has 7 nitrogen and oxygen atoms in total. The van der Waals surface area contributed by atoms with Gasteiger partial charge in [0.2, 0.25) is 5.78 Å². The fourth-order valence-electron chi connectivity index (χ4n) is 8.09. The van der Waals surface area contributed by atoms with E-state index in [9.17, 15) is 24.3 Å². The van der Waals surface area contributed by atoms with Gasteiger partial charge in [-0.3, -0.25) is 19.2 Å². The minimum Gasteiger partial charge on any atom is -0.508 e. The zero-order valence-corrected chi connectivity index (χ0v) is 21.5. The molecule has 3 saturated carbocycles. The van der Waals surface area contributed by atoms with Crippen LogP contribution in [0.1, 0.15) is 79.6 Å². The highest BCUT2D eigenvalue weighted by Gasteiger charge is 2.71. The number of hydrogen-bond donors (Lipinski definition) is 1. The van der Waals surface area contributed by atoms with Crippen LogP contribution in [0.25, 0.3) is 0 Å². The summed E-state index contributed by atoms with van der Waals surface area (Å²) in [6.45, 7) is 9.00. The molecule has 0 aromatic carbocycles. The summed E-state index contributed by atoms with van der Waals surface area (Å²) in [5.74, 6) is -1.15. The number of carbonyl (C=O) groups excluding carboxylic acids is 4. The number of ketones is 2. The molecule has 192 valence electrons. The fraction of sp³-hybridized carbons (Fsp3) is 0.714. The number of aliphatic hydroxyl groups excluding tert-OH is 1. The largest absolute Gasteiger partial charge is 0.508 e. The first-order valence-electron chi connectivity index (χ1n) is 13.0. The van der Waals surface area contributed by atoms with Crippen LogP contribution in [0.5, 0.6) is 0 Å². The maximum absolute atomic E-state index is 13.8. The monoisotopic (exact) mass is 486 g/mol. The third kappa shape index (κ3) is 3.60. The van der Waals surface area contributed by atoms with Gasteiger partial charge in [0.05, 0.1) is 5.41 Å². The van der Waals surface area contributed by atoms with Crippen LogP contribution < -0.4 is 0 Å². The van der Waals surface area contributed by atoms with Gasteiger partial charge in [-0.25, -0.2) is 0 Å². The van der Waals surface area contributed by atoms with Crippen molar-refractivity contribution < 1.29 is 33.8 Å². The van der Waals surface area contributed by atoms with Crippen molar-refractivity contribution >= 4 is 23.5 Å². The SMILES string of the molecule is CCC(=O)OCC(=O)[C@@]1(OC(=O)CC)C(C)C[C@H]2[C@@H]3CCC4=CC(O)=CC(=O)[C@]4(C)[C@H]3CC[C@@]21C. The summed E-state index contributed by atoms with van der Waals surface area (Å²) in [5.41, 5.74) is -1.66. The van der Waals surface area contributed by atoms with Gasteiger partial charge < -0.3 is 14.6 Å². The Kier molecular flexibility index (Phi) is 6.52. The highest BCUT2D eigenvalue weighted by Crippen LogP contribution is 2.69. The lowest BCUT2D eigenvalue weighted by molar-refractivity contribution is -0.197. The van der Waals surface area contributed by atoms with E-state index >= 15 is 0 Å². The average Bonchev–Trinajstić information content (AvgIpc) is 3.05. The maximum atomic E-state index is 13.8. The topological polar surface area (TPSA) is 107 Å². The van der Waals surface area contributed by atoms with E-state index in [1.54, 1.807) is 19.9 Å². The molecule has 0 amide bonds. The second-order valence-electron chi connectivity index (χ2n) is 11.3. The van der Waals surface area contributed by atoms with E-state index in [2.05, 4.69) is 6.92 Å². The first kappa shape index (κ1) is 25.6. The Morgan fingerprint density at radius 3 is 2.40 bits per heavy atom. The van der Waals surface area contributed by atoms with E-state index in [1.807, 2.05) is 13.8 Å². The minimum absolute atomic E-state index is 0.0220. The Labute approximate surface area is 207 Å². The molecule has 7 heteroatoms. The summed E-state index contributed by atoms with van der Waals surface area (Å²) in [6.07, 6.45) is 7.03. The molecular formula is C28H38O7. The molecule has 0 aromatic rings. The first-order valence-corrected chi connectivity index (χ1v) is 13.0. The molecule has 4 aliphatic rings. The zero-order valence-electron chi connectivity index (χ0n) is 21.5. The van der Waals surface area contributed by atoms with Gasteiger partial charge in [-0.2, -0.15) is 0 Å². The van der Waals surface area contributed by atoms with Crippen molar-refractivity contribution in [2.24, 2.45) is 34.5 Å². The van der Waals surface area contributed by atoms with Gasteiger partial charge in [-0.15, -0.1) is 0 Å². The van der Waals surface area contributed by atoms with Crippen LogP contribution in [0.4, 0.5) is 0 Å². The molecule has 3 fully saturated rings. The Hall–Kier alpha value is -2.44. The van der Waals surface area contributed by atoms with E-state index in [4.69, 9.17) is 9.47 Å². The molecule has 0 spiro atoms. The third-order valence-electron chi connectivity index (χ3n) is 9.88. The molecule has 0 aromatic heterocycles. The predicted molar refractivity (Wildman–Crippen MR) is 128 cm³/mol. The maximum Gasteiger partial charge on any atom is 0.306 e. The number of ether oxygens (including phenoxy) is 2. The third-order valence-corrected chi connectivity index (χ3v) is 9.88. The first-order chi connectivity index (χ1) is 16.4. The molecular weight excluding hydrogens is 448 g/mol. The summed E-state index contributed by atoms with van der Waals surface area (Å²) < 4.78 is 11.3. The van der Waals surface area contributed by atoms with E-state index in [0.29, 0.717) is 25.7 Å². The Morgan fingerprint density at radius 2 is 1.74 bits per heavy atom. The smallest absolute Gasteiger partial charge is 0.306 e. The predicted octanol–water partition coefficient (Wildman–Crippen LogP) is 4.64. The van der Waals surface area contributed by atoms with Crippen LogP contribution >= 0.6 is 0 Å². The second kappa shape index (κ2) is 8.90. The van der Waals surface area contributed by atoms with Crippen molar-refractivity contribution in [3.8, 4) is 0 Å². The van der Waals surface area contributed by atoms with Gasteiger partial charge >= 0.3 is 11.9 Å². The molecule has 0 saturated heterocycles. The van der Waals surface area contributed by atoms with Gasteiger partial charge in [0.1, 0.15) is 5.76 Å². The number of Topliss-reactive ketones (excluding diaryl/α,β-unsaturated/α-hetero) is 1. The molecule has 0 heterocycles. The lowest BCUT2D eigenvalue weighted by Crippen LogP contribution is -2.62. The van der Waals surface area contributed by atoms with Crippen molar-refractivity contribution in [3.05, 3.63) is 23.5 Å². The summed E-state index contributed by atoms with van der Waals surface area (Å²) in [6, 6.07) is 0. The average molecular weight is 487 g/mol. The number of aliphatic hydroxyl groups is 1. The highest BCUT2D eigenvalue weighted by atomic mass is 16.6. The molecule has 0 radical (unpaired) electrons. The minimum atomic E-state index is -1.37. The molecule has 35 heavy (non-hydrogen) atoms. The fourth-order valence-corrected chi connectivity index (χ4v) is 8.09. The Balaban J connectivity index is 1.72. The van der Waals surface area contributed by atoms with Crippen molar-refractivity contribution in [1.82, 2.24) is 0 Å². The van der Waals surface area contributed by atoms with Crippen LogP contribution in [0.2, 0.25) is 0 Å². The van der Waals surface area contributed by atoms with Crippen molar-refractivity contribution in [1.29, 1.82) is 0 Å². The molecule has 0 bridgehead atoms. The summed E-state index contributed by atoms with van der Waals surface area (Å²) in [7, 11) is 0. The van der Waals surface area contributed by atoms with Crippen LogP contribution in [0, 0.1) is 34.5 Å². The second-order valence-corrected chi connectivity index (χ2v) is 11.3. The Morgan fingerprint density at radius 1 is 1.06 bits per heavy atom. The number of carbonyl (C=O) groups is 4. The van der Waals surface area contributed by atoms with Gasteiger partial charge in [-0.05, 0) is 62.9 Å². The van der Waals surface area contributed by atoms with Crippen molar-refractivity contribution in [3.63, 3.8) is 0 Å². The van der Waals surface area contributed by atoms with Crippen molar-refractivity contribution in [2.75, 3.05) is 6.61 Å². The summed E-state index contributed by atoms with van der Waals surface area (Å²) >= 11 is 0. The van der Waals surface area contributed by atoms with E-state index in [0.717, 1.165) is 12.0 Å². The van der Waals surface area contributed by atoms with Crippen LogP contribution in [0.15, 0.2) is 23.5 Å². The molecule has 1 N–H and O–H groups in total. The number of allylic oxidation sites excluding steroid dienone is 3. The van der Waals surface area contributed by atoms with Gasteiger partial charge in [0.25, 0.3) is 0 Å². The number of esters is 2. The lowest BCUT2D eigenvalue weighted by atomic mass is 9.46. The molecule has 1 unspecified atom stereocenters. The van der Waals surface area contributed by atoms with Crippen LogP contribution in [0.3, 0.4) is 0 Å². The molecule has 7 atom stereocenters. The van der Waals surface area contributed by atoms with E-state index < -0.39 is 35.0 Å². The van der Waals surface area contributed by atoms with Crippen LogP contribution in [-0.4, -0.2) is 40.8 Å². The lowest BCUT2D eigenvalue weighted by Gasteiger charge is -2.58. The highest BCUT2D eigenvalue weighted by molar-refractivity contribution is 5.99. The standard InChI is InChI=1S/C28H38O7/c1-6-24(32)34-15-23(31)28(35-25(33)7-2)16(3)12-21-19-9-8-17-13-18(29)14-22(30)27(17,5)20(19)10-11-26(21,28)4/h13-14,16,19-21,29H,6-12,15H2,1-5H3/t16?,19-,20+,21+,26+,27+,28+/m1/s1. The number of fused-ring (bicyclic) bond motifs is 5. The number of hydrogen-bond acceptors (Lipinski definition) is 7. The molecule has 4 rings (SSSR count). The zero-order chi connectivity index (χ0) is 25.8. The van der Waals surface area contributed by atoms with Gasteiger partial charge in [-0.1, -0.05) is 33.3 Å². The normalized spacial score (nSPS) is 40.0. The summed E-state index contributed by atoms with van der Waals surface area (Å²) in [5, 5.41) is 10.0. The van der Waals surface area contributed by atoms with Crippen LogP contribution in [-0.2, 0) is 28.7 Å². The van der Waals surface area contributed by atoms with Gasteiger partial charge in [0, 0.05) is 30.3 Å². The van der Waals surface area contributed by atoms with Gasteiger partial charge in [0.15, 0.2) is 18.0 Å². The van der Waals surface area contributed by atoms with E-state index in [-0.39, 0.29) is 53.8 Å². The summed E-state index contributed by atoms with van der Waals surface area (Å²) in [4.78, 5) is 51.5. The van der Waals surface area contributed by atoms with E-state index in [1.165, 1.54) is 6.08 Å². The number of rotatable bonds is 6. The molecule has 4 aliphatic carbocycles. The quantitative estimate of drug-likeness (QED) is 0.545. The van der Waals surface area contributed by atoms with Crippen molar-refractivity contribution in [2.45, 2.75) is 85.2 Å².